The van der Waals surface area contributed by atoms with E-state index < -0.39 is 7.82 Å². The number of rotatable bonds is 5. The van der Waals surface area contributed by atoms with Crippen LogP contribution in [0.4, 0.5) is 0 Å². The number of benzene rings is 3. The van der Waals surface area contributed by atoms with E-state index in [2.05, 4.69) is 6.58 Å². The van der Waals surface area contributed by atoms with Crippen LogP contribution in [-0.2, 0) is 4.57 Å². The lowest BCUT2D eigenvalue weighted by atomic mass is 9.87. The van der Waals surface area contributed by atoms with Gasteiger partial charge in [-0.1, -0.05) is 73.3 Å². The van der Waals surface area contributed by atoms with Gasteiger partial charge in [0.15, 0.2) is 0 Å². The molecule has 0 saturated carbocycles. The number of phosphoric ester groups is 1. The van der Waals surface area contributed by atoms with Crippen LogP contribution in [0.15, 0.2) is 79.4 Å². The van der Waals surface area contributed by atoms with Crippen LogP contribution in [0.3, 0.4) is 0 Å². The first-order valence-corrected chi connectivity index (χ1v) is 9.59. The maximum atomic E-state index is 11.4. The van der Waals surface area contributed by atoms with E-state index in [1.165, 1.54) is 0 Å². The fourth-order valence-electron chi connectivity index (χ4n) is 2.97. The Balaban J connectivity index is 2.35. The molecule has 0 unspecified atom stereocenters. The van der Waals surface area contributed by atoms with Crippen molar-refractivity contribution in [1.29, 1.82) is 0 Å². The molecule has 0 radical (unpaired) electrons. The minimum absolute atomic E-state index is 0.115. The molecule has 0 saturated heterocycles. The maximum absolute atomic E-state index is 11.4. The average Bonchev–Trinajstić information content (AvgIpc) is 2.61. The Kier molecular flexibility index (Phi) is 5.10. The Labute approximate surface area is 152 Å². The maximum Gasteiger partial charge on any atom is 0.524 e. The van der Waals surface area contributed by atoms with Crippen molar-refractivity contribution in [1.82, 2.24) is 0 Å². The Morgan fingerprint density at radius 1 is 0.885 bits per heavy atom. The van der Waals surface area contributed by atoms with Gasteiger partial charge in [0.2, 0.25) is 0 Å². The summed E-state index contributed by atoms with van der Waals surface area (Å²) in [5.74, 6) is 0.115. The molecule has 0 aliphatic carbocycles. The molecule has 0 aliphatic rings. The monoisotopic (exact) mass is 366 g/mol. The molecular weight excluding hydrogens is 347 g/mol. The molecule has 0 aromatic heterocycles. The van der Waals surface area contributed by atoms with Gasteiger partial charge < -0.3 is 4.52 Å². The summed E-state index contributed by atoms with van der Waals surface area (Å²) in [4.78, 5) is 18.6. The van der Waals surface area contributed by atoms with Crippen LogP contribution < -0.4 is 4.52 Å². The molecule has 4 nitrogen and oxygen atoms in total. The Morgan fingerprint density at radius 2 is 1.42 bits per heavy atom. The average molecular weight is 366 g/mol. The van der Waals surface area contributed by atoms with Crippen LogP contribution in [-0.4, -0.2) is 9.79 Å². The normalized spacial score (nSPS) is 11.2. The first kappa shape index (κ1) is 18.2. The molecule has 132 valence electrons. The molecule has 0 fully saturated rings. The van der Waals surface area contributed by atoms with E-state index in [9.17, 15) is 14.4 Å². The van der Waals surface area contributed by atoms with E-state index in [-0.39, 0.29) is 5.75 Å². The molecule has 0 amide bonds. The smallest absolute Gasteiger partial charge is 0.404 e. The third kappa shape index (κ3) is 3.94. The van der Waals surface area contributed by atoms with Crippen molar-refractivity contribution in [2.45, 2.75) is 6.92 Å². The molecule has 3 rings (SSSR count). The molecule has 3 aromatic carbocycles. The first-order valence-electron chi connectivity index (χ1n) is 8.05. The standard InChI is InChI=1S/C21H19O4P/c1-15(2)20-19(25-26(22,23)24)14-13-18(16-9-5-3-6-10-16)21(20)17-11-7-4-8-12-17/h3-14H,1H2,2H3,(H2,22,23,24). The van der Waals surface area contributed by atoms with Gasteiger partial charge in [0.05, 0.1) is 0 Å². The third-order valence-corrected chi connectivity index (χ3v) is 4.39. The van der Waals surface area contributed by atoms with E-state index in [1.54, 1.807) is 13.0 Å². The molecule has 2 N–H and O–H groups in total. The van der Waals surface area contributed by atoms with Gasteiger partial charge in [-0.3, -0.25) is 9.79 Å². The van der Waals surface area contributed by atoms with Crippen LogP contribution in [0.5, 0.6) is 5.75 Å². The highest BCUT2D eigenvalue weighted by atomic mass is 31.2. The van der Waals surface area contributed by atoms with Crippen LogP contribution in [0.25, 0.3) is 27.8 Å². The zero-order valence-electron chi connectivity index (χ0n) is 14.3. The number of hydrogen-bond acceptors (Lipinski definition) is 2. The van der Waals surface area contributed by atoms with Gasteiger partial charge in [0.1, 0.15) is 5.75 Å². The quantitative estimate of drug-likeness (QED) is 0.583. The fourth-order valence-corrected chi connectivity index (χ4v) is 3.38. The zero-order valence-corrected chi connectivity index (χ0v) is 15.2. The second-order valence-corrected chi connectivity index (χ2v) is 7.12. The fraction of sp³-hybridized carbons (Fsp3) is 0.0476. The van der Waals surface area contributed by atoms with E-state index in [0.29, 0.717) is 11.1 Å². The van der Waals surface area contributed by atoms with Gasteiger partial charge in [-0.15, -0.1) is 0 Å². The molecule has 0 atom stereocenters. The molecule has 0 heterocycles. The highest BCUT2D eigenvalue weighted by Gasteiger charge is 2.23. The van der Waals surface area contributed by atoms with Crippen molar-refractivity contribution >= 4 is 13.4 Å². The third-order valence-electron chi connectivity index (χ3n) is 3.96. The van der Waals surface area contributed by atoms with Crippen LogP contribution in [0.2, 0.25) is 0 Å². The molecule has 5 heteroatoms. The predicted molar refractivity (Wildman–Crippen MR) is 105 cm³/mol. The lowest BCUT2D eigenvalue weighted by Crippen LogP contribution is -1.98. The first-order chi connectivity index (χ1) is 12.4. The molecule has 26 heavy (non-hydrogen) atoms. The molecule has 0 aliphatic heterocycles. The van der Waals surface area contributed by atoms with Gasteiger partial charge in [-0.2, -0.15) is 0 Å². The lowest BCUT2D eigenvalue weighted by molar-refractivity contribution is 0.283. The predicted octanol–water partition coefficient (Wildman–Crippen LogP) is 5.53. The largest absolute Gasteiger partial charge is 0.524 e. The van der Waals surface area contributed by atoms with Crippen molar-refractivity contribution in [3.05, 3.63) is 84.9 Å². The van der Waals surface area contributed by atoms with E-state index >= 15 is 0 Å². The topological polar surface area (TPSA) is 66.8 Å². The Morgan fingerprint density at radius 3 is 1.92 bits per heavy atom. The van der Waals surface area contributed by atoms with Crippen molar-refractivity contribution in [2.75, 3.05) is 0 Å². The summed E-state index contributed by atoms with van der Waals surface area (Å²) in [7, 11) is -4.69. The van der Waals surface area contributed by atoms with Gasteiger partial charge >= 0.3 is 7.82 Å². The van der Waals surface area contributed by atoms with Crippen molar-refractivity contribution in [2.24, 2.45) is 0 Å². The second kappa shape index (κ2) is 7.30. The second-order valence-electron chi connectivity index (χ2n) is 5.96. The summed E-state index contributed by atoms with van der Waals surface area (Å²) in [6.45, 7) is 5.80. The Hall–Kier alpha value is -2.65. The summed E-state index contributed by atoms with van der Waals surface area (Å²) in [6.07, 6.45) is 0. The summed E-state index contributed by atoms with van der Waals surface area (Å²) in [5.41, 5.74) is 4.92. The van der Waals surface area contributed by atoms with E-state index in [1.807, 2.05) is 66.7 Å². The van der Waals surface area contributed by atoms with Crippen molar-refractivity contribution in [3.8, 4) is 28.0 Å². The number of hydrogen-bond donors (Lipinski definition) is 2. The molecule has 0 bridgehead atoms. The van der Waals surface area contributed by atoms with Crippen molar-refractivity contribution in [3.63, 3.8) is 0 Å². The number of allylic oxidation sites excluding steroid dienone is 1. The van der Waals surface area contributed by atoms with Crippen LogP contribution >= 0.6 is 7.82 Å². The highest BCUT2D eigenvalue weighted by Crippen LogP contribution is 2.47. The summed E-state index contributed by atoms with van der Waals surface area (Å²) in [6, 6.07) is 22.9. The summed E-state index contributed by atoms with van der Waals surface area (Å²) >= 11 is 0. The van der Waals surface area contributed by atoms with Crippen LogP contribution in [0.1, 0.15) is 12.5 Å². The van der Waals surface area contributed by atoms with Gasteiger partial charge in [-0.25, -0.2) is 4.57 Å². The minimum Gasteiger partial charge on any atom is -0.404 e. The SMILES string of the molecule is C=C(C)c1c(OP(=O)(O)O)ccc(-c2ccccc2)c1-c1ccccc1. The zero-order chi connectivity index (χ0) is 18.7. The molecular formula is C21H19O4P. The Bertz CT molecular complexity index is 976. The van der Waals surface area contributed by atoms with E-state index in [0.717, 1.165) is 22.3 Å². The van der Waals surface area contributed by atoms with Gasteiger partial charge in [0.25, 0.3) is 0 Å². The number of phosphoric acid groups is 1. The van der Waals surface area contributed by atoms with E-state index in [4.69, 9.17) is 4.52 Å². The molecule has 3 aromatic rings. The lowest BCUT2D eigenvalue weighted by Gasteiger charge is -2.20. The van der Waals surface area contributed by atoms with Crippen LogP contribution in [0, 0.1) is 0 Å². The van der Waals surface area contributed by atoms with Crippen molar-refractivity contribution < 1.29 is 18.9 Å². The molecule has 0 spiro atoms. The van der Waals surface area contributed by atoms with Gasteiger partial charge in [0, 0.05) is 11.1 Å². The summed E-state index contributed by atoms with van der Waals surface area (Å²) < 4.78 is 16.4. The highest BCUT2D eigenvalue weighted by molar-refractivity contribution is 7.46. The summed E-state index contributed by atoms with van der Waals surface area (Å²) in [5, 5.41) is 0. The minimum atomic E-state index is -4.69. The van der Waals surface area contributed by atoms with Gasteiger partial charge in [-0.05, 0) is 35.3 Å².